The number of ketones is 1. The Labute approximate surface area is 263 Å². The summed E-state index contributed by atoms with van der Waals surface area (Å²) in [7, 11) is 0. The number of hydrogen-bond acceptors (Lipinski definition) is 21. The molecule has 24 nitrogen and oxygen atoms in total. The molecule has 0 aliphatic heterocycles. The largest absolute Gasteiger partial charge is 0.481 e. The number of hydrogen-bond donors (Lipinski definition) is 18. The molecule has 0 amide bonds. The maximum atomic E-state index is 10.5. The Balaban J connectivity index is -0.000000263. The van der Waals surface area contributed by atoms with Crippen LogP contribution in [0.3, 0.4) is 0 Å². The lowest BCUT2D eigenvalue weighted by molar-refractivity contribution is -0.170. The Kier molecular flexibility index (Phi) is 28.9. The van der Waals surface area contributed by atoms with Gasteiger partial charge in [0, 0.05) is 0 Å². The first-order valence-corrected chi connectivity index (χ1v) is 12.6. The van der Waals surface area contributed by atoms with Crippen molar-refractivity contribution in [3.8, 4) is 0 Å². The van der Waals surface area contributed by atoms with Crippen molar-refractivity contribution in [3.63, 3.8) is 0 Å². The molecule has 0 spiro atoms. The molecule has 18 N–H and O–H groups in total. The van der Waals surface area contributed by atoms with Crippen LogP contribution >= 0.6 is 0 Å². The fraction of sp³-hybridized carbons (Fsp3) is 0.739. The van der Waals surface area contributed by atoms with E-state index in [1.807, 2.05) is 0 Å². The van der Waals surface area contributed by atoms with Crippen molar-refractivity contribution in [1.29, 1.82) is 0 Å². The Morgan fingerprint density at radius 2 is 0.851 bits per heavy atom. The van der Waals surface area contributed by atoms with E-state index < -0.39 is 130 Å². The summed E-state index contributed by atoms with van der Waals surface area (Å²) in [6.45, 7) is -3.14. The van der Waals surface area contributed by atoms with Gasteiger partial charge < -0.3 is 102 Å². The van der Waals surface area contributed by atoms with Crippen molar-refractivity contribution in [2.75, 3.05) is 26.4 Å². The van der Waals surface area contributed by atoms with Crippen LogP contribution in [-0.4, -0.2) is 221 Å². The molecule has 0 rings (SSSR count). The van der Waals surface area contributed by atoms with Gasteiger partial charge in [0.25, 0.3) is 0 Å². The van der Waals surface area contributed by atoms with Gasteiger partial charge in [0.15, 0.2) is 24.0 Å². The Hall–Kier alpha value is -3.18. The van der Waals surface area contributed by atoms with E-state index in [9.17, 15) is 28.8 Å². The number of aliphatic hydroxyl groups is 15. The highest BCUT2D eigenvalue weighted by molar-refractivity contribution is 5.88. The number of carbonyl (C=O) groups is 6. The Morgan fingerprint density at radius 3 is 1.13 bits per heavy atom. The van der Waals surface area contributed by atoms with Gasteiger partial charge in [-0.3, -0.25) is 14.4 Å². The summed E-state index contributed by atoms with van der Waals surface area (Å²) in [5.74, 6) is -6.02. The lowest BCUT2D eigenvalue weighted by Crippen LogP contribution is -2.46. The zero-order valence-corrected chi connectivity index (χ0v) is 24.2. The van der Waals surface area contributed by atoms with E-state index >= 15 is 0 Å². The summed E-state index contributed by atoms with van der Waals surface area (Å²) in [5.41, 5.74) is -2.74. The van der Waals surface area contributed by atoms with Crippen LogP contribution in [0.2, 0.25) is 0 Å². The smallest absolute Gasteiger partial charge is 0.336 e. The van der Waals surface area contributed by atoms with Gasteiger partial charge >= 0.3 is 17.9 Å². The van der Waals surface area contributed by atoms with Gasteiger partial charge in [0.1, 0.15) is 67.6 Å². The minimum Gasteiger partial charge on any atom is -0.481 e. The highest BCUT2D eigenvalue weighted by Gasteiger charge is 2.40. The normalized spacial score (nSPS) is 17.3. The summed E-state index contributed by atoms with van der Waals surface area (Å²) < 4.78 is 0. The van der Waals surface area contributed by atoms with Crippen LogP contribution in [0.25, 0.3) is 0 Å². The second-order valence-corrected chi connectivity index (χ2v) is 9.01. The van der Waals surface area contributed by atoms with E-state index in [1.54, 1.807) is 0 Å². The van der Waals surface area contributed by atoms with E-state index in [-0.39, 0.29) is 12.6 Å². The zero-order valence-electron chi connectivity index (χ0n) is 24.2. The summed E-state index contributed by atoms with van der Waals surface area (Å²) in [6, 6.07) is 0. The van der Waals surface area contributed by atoms with E-state index in [2.05, 4.69) is 0 Å². The molecule has 0 aromatic rings. The van der Waals surface area contributed by atoms with Gasteiger partial charge in [-0.15, -0.1) is 0 Å². The van der Waals surface area contributed by atoms with Gasteiger partial charge in [-0.25, -0.2) is 4.79 Å². The summed E-state index contributed by atoms with van der Waals surface area (Å²) in [5, 5.41) is 154. The maximum absolute atomic E-state index is 10.5. The Bertz CT molecular complexity index is 897. The molecule has 0 aromatic carbocycles. The third-order valence-electron chi connectivity index (χ3n) is 5.17. The predicted molar refractivity (Wildman–Crippen MR) is 143 cm³/mol. The summed E-state index contributed by atoms with van der Waals surface area (Å²) >= 11 is 0. The monoisotopic (exact) mass is 702 g/mol. The van der Waals surface area contributed by atoms with Crippen molar-refractivity contribution < 1.29 is 121 Å². The van der Waals surface area contributed by atoms with Crippen molar-refractivity contribution in [3.05, 3.63) is 0 Å². The molecule has 24 heteroatoms. The average Bonchev–Trinajstić information content (AvgIpc) is 3.03. The van der Waals surface area contributed by atoms with Crippen LogP contribution in [-0.2, 0) is 28.8 Å². The lowest BCUT2D eigenvalue weighted by atomic mass is 9.96. The standard InChI is InChI=1S/C6H8O7.2C6H12O6.C5H10O5/c7-3(8)1-6(13,5(11)12)2-4(9)10;2*7-1-3(9)5(11)6(12)4(10)2-8;6-1-3(8)5(10)4(9)2-7/h13H,1-2H2,(H,7,8)(H,9,10)(H,11,12);3,5-9,11-12H,1-2H2;1,3-6,8-12H,2H2;1,3-5,7-10H,2H2/t;3-,5-,6-;3-,4+,5+,6+;3-,4-,5+/m.101/s1. The predicted octanol–water partition coefficient (Wildman–Crippen LogP) is -10.7. The molecule has 0 radical (unpaired) electrons. The van der Waals surface area contributed by atoms with Gasteiger partial charge in [0.05, 0.1) is 32.7 Å². The first-order chi connectivity index (χ1) is 21.5. The molecule has 0 unspecified atom stereocenters. The molecule has 0 saturated heterocycles. The second-order valence-electron chi connectivity index (χ2n) is 9.01. The zero-order chi connectivity index (χ0) is 38.2. The molecule has 0 aliphatic carbocycles. The number of carboxylic acid groups (broad SMARTS) is 3. The maximum Gasteiger partial charge on any atom is 0.336 e. The van der Waals surface area contributed by atoms with Gasteiger partial charge in [-0.1, -0.05) is 0 Å². The molecular weight excluding hydrogens is 660 g/mol. The molecule has 278 valence electrons. The lowest BCUT2D eigenvalue weighted by Gasteiger charge is -2.22. The summed E-state index contributed by atoms with van der Waals surface area (Å²) in [6.07, 6.45) is -19.0. The molecule has 0 bridgehead atoms. The summed E-state index contributed by atoms with van der Waals surface area (Å²) in [4.78, 5) is 60.7. The number of rotatable bonds is 19. The topological polar surface area (TPSA) is 467 Å². The van der Waals surface area contributed by atoms with Crippen LogP contribution in [0, 0.1) is 0 Å². The van der Waals surface area contributed by atoms with Crippen molar-refractivity contribution in [2.45, 2.75) is 79.5 Å². The number of aliphatic hydroxyl groups excluding tert-OH is 14. The molecule has 0 fully saturated rings. The van der Waals surface area contributed by atoms with Crippen molar-refractivity contribution in [1.82, 2.24) is 0 Å². The SMILES string of the molecule is O=C(CO)[C@@H](O)[C@H](O)[C@H](O)CO.O=C(O)CC(O)(CC(=O)O)C(=O)O.O=C[C@@H](O)[C@H](O)[C@H](O)CO.O=C[C@H](O)[C@@H](O)[C@H](O)[C@H](O)CO. The van der Waals surface area contributed by atoms with Crippen LogP contribution in [0.5, 0.6) is 0 Å². The molecule has 0 aromatic heterocycles. The third-order valence-corrected chi connectivity index (χ3v) is 5.17. The number of aldehydes is 2. The van der Waals surface area contributed by atoms with Gasteiger partial charge in [-0.2, -0.15) is 0 Å². The molecule has 47 heavy (non-hydrogen) atoms. The van der Waals surface area contributed by atoms with Crippen LogP contribution in [0.4, 0.5) is 0 Å². The van der Waals surface area contributed by atoms with E-state index in [0.717, 1.165) is 0 Å². The van der Waals surface area contributed by atoms with Crippen LogP contribution < -0.4 is 0 Å². The second kappa shape index (κ2) is 26.8. The molecular formula is C23H42O24. The molecule has 0 aliphatic rings. The van der Waals surface area contributed by atoms with Crippen molar-refractivity contribution in [2.24, 2.45) is 0 Å². The number of aliphatic carboxylic acids is 3. The average molecular weight is 703 g/mol. The van der Waals surface area contributed by atoms with Crippen molar-refractivity contribution >= 4 is 36.3 Å². The fourth-order valence-electron chi connectivity index (χ4n) is 2.35. The number of carboxylic acids is 3. The van der Waals surface area contributed by atoms with E-state index in [4.69, 9.17) is 91.9 Å². The number of Topliss-reactive ketones (excluding diaryl/α,β-unsaturated/α-hetero) is 1. The Morgan fingerprint density at radius 1 is 0.532 bits per heavy atom. The van der Waals surface area contributed by atoms with E-state index in [1.165, 1.54) is 0 Å². The van der Waals surface area contributed by atoms with E-state index in [0.29, 0.717) is 0 Å². The first-order valence-electron chi connectivity index (χ1n) is 12.6. The highest BCUT2D eigenvalue weighted by atomic mass is 16.4. The third kappa shape index (κ3) is 22.1. The number of carbonyl (C=O) groups excluding carboxylic acids is 3. The van der Waals surface area contributed by atoms with Gasteiger partial charge in [0.2, 0.25) is 0 Å². The fourth-order valence-corrected chi connectivity index (χ4v) is 2.35. The van der Waals surface area contributed by atoms with Gasteiger partial charge in [-0.05, 0) is 0 Å². The van der Waals surface area contributed by atoms with Crippen LogP contribution in [0.15, 0.2) is 0 Å². The quantitative estimate of drug-likeness (QED) is 0.0555. The van der Waals surface area contributed by atoms with Crippen LogP contribution in [0.1, 0.15) is 12.8 Å². The first kappa shape index (κ1) is 50.7. The molecule has 10 atom stereocenters. The molecule has 0 heterocycles. The minimum absolute atomic E-state index is 0.0258. The molecule has 0 saturated carbocycles. The minimum atomic E-state index is -2.74. The highest BCUT2D eigenvalue weighted by Crippen LogP contribution is 2.15.